The number of carbonyl (C=O) groups excluding carboxylic acids is 2. The molecule has 0 saturated carbocycles. The molecule has 0 N–H and O–H groups in total. The molecule has 0 atom stereocenters. The third-order valence-electron chi connectivity index (χ3n) is 5.01. The number of amides is 2. The summed E-state index contributed by atoms with van der Waals surface area (Å²) in [5, 5.41) is 2.08. The normalized spacial score (nSPS) is 19.3. The van der Waals surface area contributed by atoms with E-state index in [1.165, 1.54) is 4.88 Å². The highest BCUT2D eigenvalue weighted by atomic mass is 32.1. The lowest BCUT2D eigenvalue weighted by atomic mass is 9.95. The molecule has 0 aromatic carbocycles. The maximum atomic E-state index is 12.4. The molecule has 0 bridgehead atoms. The molecule has 2 saturated heterocycles. The summed E-state index contributed by atoms with van der Waals surface area (Å²) in [4.78, 5) is 30.0. The number of rotatable bonds is 5. The molecule has 2 aliphatic rings. The van der Waals surface area contributed by atoms with Gasteiger partial charge in [0.15, 0.2) is 0 Å². The molecule has 5 heteroatoms. The summed E-state index contributed by atoms with van der Waals surface area (Å²) in [5.41, 5.74) is 0. The van der Waals surface area contributed by atoms with Crippen molar-refractivity contribution in [3.05, 3.63) is 22.4 Å². The summed E-state index contributed by atoms with van der Waals surface area (Å²) in [6.45, 7) is 3.37. The van der Waals surface area contributed by atoms with Crippen LogP contribution in [0.25, 0.3) is 0 Å². The van der Waals surface area contributed by atoms with Crippen LogP contribution in [-0.4, -0.2) is 47.8 Å². The van der Waals surface area contributed by atoms with Crippen molar-refractivity contribution in [3.8, 4) is 0 Å². The van der Waals surface area contributed by atoms with Gasteiger partial charge in [-0.2, -0.15) is 0 Å². The molecule has 2 fully saturated rings. The van der Waals surface area contributed by atoms with Crippen LogP contribution in [0.2, 0.25) is 0 Å². The number of aryl methyl sites for hydroxylation is 1. The summed E-state index contributed by atoms with van der Waals surface area (Å²) in [6, 6.07) is 4.19. The van der Waals surface area contributed by atoms with Crippen LogP contribution in [0.5, 0.6) is 0 Å². The molecule has 3 heterocycles. The quantitative estimate of drug-likeness (QED) is 0.831. The first-order chi connectivity index (χ1) is 11.2. The van der Waals surface area contributed by atoms with Crippen molar-refractivity contribution in [2.75, 3.05) is 26.2 Å². The molecule has 2 aliphatic heterocycles. The topological polar surface area (TPSA) is 40.6 Å². The van der Waals surface area contributed by atoms with Crippen LogP contribution in [0.15, 0.2) is 17.5 Å². The van der Waals surface area contributed by atoms with Gasteiger partial charge in [-0.3, -0.25) is 9.59 Å². The van der Waals surface area contributed by atoms with Crippen molar-refractivity contribution < 1.29 is 9.59 Å². The molecule has 0 unspecified atom stereocenters. The average Bonchev–Trinajstić information content (AvgIpc) is 3.28. The van der Waals surface area contributed by atoms with Crippen LogP contribution < -0.4 is 0 Å². The van der Waals surface area contributed by atoms with Crippen molar-refractivity contribution in [3.63, 3.8) is 0 Å². The summed E-state index contributed by atoms with van der Waals surface area (Å²) in [7, 11) is 0. The van der Waals surface area contributed by atoms with E-state index in [0.717, 1.165) is 64.7 Å². The smallest absolute Gasteiger partial charge is 0.225 e. The third-order valence-corrected chi connectivity index (χ3v) is 5.94. The van der Waals surface area contributed by atoms with Crippen LogP contribution >= 0.6 is 11.3 Å². The van der Waals surface area contributed by atoms with E-state index in [4.69, 9.17) is 0 Å². The van der Waals surface area contributed by atoms with E-state index in [9.17, 15) is 9.59 Å². The van der Waals surface area contributed by atoms with Gasteiger partial charge in [0.1, 0.15) is 0 Å². The van der Waals surface area contributed by atoms with Crippen LogP contribution in [0.1, 0.15) is 43.4 Å². The van der Waals surface area contributed by atoms with E-state index in [1.54, 1.807) is 11.3 Å². The van der Waals surface area contributed by atoms with Crippen LogP contribution in [-0.2, 0) is 16.0 Å². The summed E-state index contributed by atoms with van der Waals surface area (Å²) < 4.78 is 0. The van der Waals surface area contributed by atoms with Gasteiger partial charge >= 0.3 is 0 Å². The van der Waals surface area contributed by atoms with Gasteiger partial charge < -0.3 is 9.80 Å². The van der Waals surface area contributed by atoms with Gasteiger partial charge in [0.05, 0.1) is 0 Å². The molecular weight excluding hydrogens is 308 g/mol. The van der Waals surface area contributed by atoms with E-state index in [1.807, 2.05) is 9.80 Å². The number of thiophene rings is 1. The Morgan fingerprint density at radius 3 is 2.48 bits per heavy atom. The number of likely N-dealkylation sites (tertiary alicyclic amines) is 2. The minimum absolute atomic E-state index is 0.142. The lowest BCUT2D eigenvalue weighted by Crippen LogP contribution is -2.43. The number of carbonyl (C=O) groups is 2. The zero-order chi connectivity index (χ0) is 16.1. The van der Waals surface area contributed by atoms with Crippen molar-refractivity contribution >= 4 is 23.2 Å². The van der Waals surface area contributed by atoms with Gasteiger partial charge in [0.25, 0.3) is 0 Å². The first-order valence-corrected chi connectivity index (χ1v) is 9.71. The van der Waals surface area contributed by atoms with E-state index >= 15 is 0 Å². The molecule has 23 heavy (non-hydrogen) atoms. The first kappa shape index (κ1) is 16.5. The predicted molar refractivity (Wildman–Crippen MR) is 92.4 cm³/mol. The molecule has 3 rings (SSSR count). The van der Waals surface area contributed by atoms with Gasteiger partial charge in [-0.1, -0.05) is 6.07 Å². The molecule has 1 aromatic heterocycles. The Labute approximate surface area is 142 Å². The van der Waals surface area contributed by atoms with Crippen LogP contribution in [0, 0.1) is 5.92 Å². The second-order valence-corrected chi connectivity index (χ2v) is 7.65. The van der Waals surface area contributed by atoms with Crippen molar-refractivity contribution in [1.29, 1.82) is 0 Å². The van der Waals surface area contributed by atoms with Gasteiger partial charge in [-0.05, 0) is 50.0 Å². The Kier molecular flexibility index (Phi) is 5.70. The van der Waals surface area contributed by atoms with Gasteiger partial charge in [0.2, 0.25) is 11.8 Å². The molecular formula is C18H26N2O2S. The fourth-order valence-corrected chi connectivity index (χ4v) is 4.35. The lowest BCUT2D eigenvalue weighted by Gasteiger charge is -2.33. The highest BCUT2D eigenvalue weighted by Crippen LogP contribution is 2.23. The standard InChI is InChI=1S/C18H26N2O2S/c21-17(7-3-5-16-6-4-14-23-16)19-12-8-15(9-13-19)18(22)20-10-1-2-11-20/h4,6,14-15H,1-3,5,7-13H2. The molecule has 1 aromatic rings. The van der Waals surface area contributed by atoms with Gasteiger partial charge in [-0.25, -0.2) is 0 Å². The fourth-order valence-electron chi connectivity index (χ4n) is 3.60. The van der Waals surface area contributed by atoms with Crippen LogP contribution in [0.3, 0.4) is 0 Å². The van der Waals surface area contributed by atoms with Gasteiger partial charge in [0, 0.05) is 43.4 Å². The molecule has 0 spiro atoms. The molecule has 126 valence electrons. The maximum absolute atomic E-state index is 12.4. The first-order valence-electron chi connectivity index (χ1n) is 8.83. The second-order valence-electron chi connectivity index (χ2n) is 6.62. The molecule has 0 aliphatic carbocycles. The summed E-state index contributed by atoms with van der Waals surface area (Å²) in [5.74, 6) is 0.726. The van der Waals surface area contributed by atoms with E-state index in [-0.39, 0.29) is 11.8 Å². The zero-order valence-corrected chi connectivity index (χ0v) is 14.5. The predicted octanol–water partition coefficient (Wildman–Crippen LogP) is 2.93. The zero-order valence-electron chi connectivity index (χ0n) is 13.7. The number of nitrogens with zero attached hydrogens (tertiary/aromatic N) is 2. The van der Waals surface area contributed by atoms with Crippen molar-refractivity contribution in [2.24, 2.45) is 5.92 Å². The Hall–Kier alpha value is -1.36. The molecule has 0 radical (unpaired) electrons. The number of hydrogen-bond acceptors (Lipinski definition) is 3. The second kappa shape index (κ2) is 7.95. The monoisotopic (exact) mass is 334 g/mol. The van der Waals surface area contributed by atoms with E-state index < -0.39 is 0 Å². The van der Waals surface area contributed by atoms with Gasteiger partial charge in [-0.15, -0.1) is 11.3 Å². The average molecular weight is 334 g/mol. The minimum atomic E-state index is 0.142. The highest BCUT2D eigenvalue weighted by Gasteiger charge is 2.30. The van der Waals surface area contributed by atoms with Crippen molar-refractivity contribution in [2.45, 2.75) is 44.9 Å². The number of hydrogen-bond donors (Lipinski definition) is 0. The SMILES string of the molecule is O=C(CCCc1cccs1)N1CCC(C(=O)N2CCCC2)CC1. The fraction of sp³-hybridized carbons (Fsp3) is 0.667. The number of piperidine rings is 1. The minimum Gasteiger partial charge on any atom is -0.343 e. The maximum Gasteiger partial charge on any atom is 0.225 e. The Morgan fingerprint density at radius 2 is 1.83 bits per heavy atom. The van der Waals surface area contributed by atoms with Crippen LogP contribution in [0.4, 0.5) is 0 Å². The Bertz CT molecular complexity index is 515. The third kappa shape index (κ3) is 4.34. The largest absolute Gasteiger partial charge is 0.343 e. The van der Waals surface area contributed by atoms with E-state index in [2.05, 4.69) is 17.5 Å². The summed E-state index contributed by atoms with van der Waals surface area (Å²) in [6.07, 6.45) is 6.51. The van der Waals surface area contributed by atoms with Crippen molar-refractivity contribution in [1.82, 2.24) is 9.80 Å². The van der Waals surface area contributed by atoms with E-state index in [0.29, 0.717) is 12.3 Å². The highest BCUT2D eigenvalue weighted by molar-refractivity contribution is 7.09. The Balaban J connectivity index is 1.37. The molecule has 4 nitrogen and oxygen atoms in total. The lowest BCUT2D eigenvalue weighted by molar-refractivity contribution is -0.140. The Morgan fingerprint density at radius 1 is 1.09 bits per heavy atom. The molecule has 2 amide bonds. The summed E-state index contributed by atoms with van der Waals surface area (Å²) >= 11 is 1.76.